The van der Waals surface area contributed by atoms with E-state index in [0.29, 0.717) is 0 Å². The molecular formula is C3O5. The average Bonchev–Trinajstić information content (AvgIpc) is 1.85. The van der Waals surface area contributed by atoms with Gasteiger partial charge in [-0.2, -0.15) is 0 Å². The number of cyclic esters (lactones) is 4. The first kappa shape index (κ1) is 4.76. The molecule has 42 valence electrons. The fourth-order valence-electron chi connectivity index (χ4n) is 0.256. The van der Waals surface area contributed by atoms with Crippen LogP contribution in [0.4, 0.5) is 4.79 Å². The highest BCUT2D eigenvalue weighted by atomic mass is 16.8. The molecule has 1 heterocycles. The third kappa shape index (κ3) is 0.534. The molecule has 1 fully saturated rings. The molecule has 0 radical (unpaired) electrons. The van der Waals surface area contributed by atoms with E-state index in [1.807, 2.05) is 0 Å². The van der Waals surface area contributed by atoms with E-state index >= 15 is 0 Å². The van der Waals surface area contributed by atoms with Gasteiger partial charge in [-0.3, -0.25) is 0 Å². The Balaban J connectivity index is 2.79. The Morgan fingerprint density at radius 2 is 1.25 bits per heavy atom. The van der Waals surface area contributed by atoms with Crippen molar-refractivity contribution >= 4 is 18.1 Å². The summed E-state index contributed by atoms with van der Waals surface area (Å²) < 4.78 is 7.25. The molecule has 5 nitrogen and oxygen atoms in total. The van der Waals surface area contributed by atoms with Gasteiger partial charge < -0.3 is 9.47 Å². The normalized spacial score (nSPS) is 18.2. The van der Waals surface area contributed by atoms with E-state index in [2.05, 4.69) is 9.47 Å². The van der Waals surface area contributed by atoms with E-state index in [0.717, 1.165) is 0 Å². The molecule has 8 heavy (non-hydrogen) atoms. The van der Waals surface area contributed by atoms with Gasteiger partial charge in [0.15, 0.2) is 0 Å². The zero-order chi connectivity index (χ0) is 6.15. The van der Waals surface area contributed by atoms with E-state index < -0.39 is 18.1 Å². The SMILES string of the molecule is O=C1OC(=O)C(=O)O1. The number of hydrogen-bond donors (Lipinski definition) is 0. The van der Waals surface area contributed by atoms with Crippen molar-refractivity contribution in [1.82, 2.24) is 0 Å². The predicted octanol–water partition coefficient (Wildman–Crippen LogP) is -0.794. The largest absolute Gasteiger partial charge is 0.524 e. The van der Waals surface area contributed by atoms with Crippen LogP contribution in [0.5, 0.6) is 0 Å². The number of carbonyl (C=O) groups is 3. The summed E-state index contributed by atoms with van der Waals surface area (Å²) in [5, 5.41) is 0. The van der Waals surface area contributed by atoms with Crippen LogP contribution in [0, 0.1) is 0 Å². The highest BCUT2D eigenvalue weighted by molar-refractivity contribution is 6.36. The first-order valence-corrected chi connectivity index (χ1v) is 1.68. The molecule has 0 saturated carbocycles. The van der Waals surface area contributed by atoms with E-state index in [1.165, 1.54) is 0 Å². The van der Waals surface area contributed by atoms with Crippen LogP contribution in [0.2, 0.25) is 0 Å². The van der Waals surface area contributed by atoms with Crippen molar-refractivity contribution in [3.63, 3.8) is 0 Å². The molecule has 1 saturated heterocycles. The van der Waals surface area contributed by atoms with Gasteiger partial charge in [-0.1, -0.05) is 0 Å². The molecule has 0 aromatic carbocycles. The maximum Gasteiger partial charge on any atom is 0.524 e. The summed E-state index contributed by atoms with van der Waals surface area (Å²) >= 11 is 0. The standard InChI is InChI=1S/C3O5/c4-1-2(5)8-3(6)7-1. The smallest absolute Gasteiger partial charge is 0.351 e. The summed E-state index contributed by atoms with van der Waals surface area (Å²) in [6.07, 6.45) is -1.25. The number of esters is 2. The average molecular weight is 116 g/mol. The van der Waals surface area contributed by atoms with Crippen LogP contribution in [0.25, 0.3) is 0 Å². The van der Waals surface area contributed by atoms with Gasteiger partial charge >= 0.3 is 18.1 Å². The summed E-state index contributed by atoms with van der Waals surface area (Å²) in [5.41, 5.74) is 0. The molecule has 0 atom stereocenters. The molecule has 1 aliphatic rings. The second-order valence-corrected chi connectivity index (χ2v) is 1.03. The maximum atomic E-state index is 9.87. The fourth-order valence-corrected chi connectivity index (χ4v) is 0.256. The Hall–Kier alpha value is -1.39. The highest BCUT2D eigenvalue weighted by Crippen LogP contribution is 1.97. The van der Waals surface area contributed by atoms with Gasteiger partial charge in [0.25, 0.3) is 0 Å². The lowest BCUT2D eigenvalue weighted by atomic mass is 10.7. The maximum absolute atomic E-state index is 9.87. The predicted molar refractivity (Wildman–Crippen MR) is 17.6 cm³/mol. The minimum Gasteiger partial charge on any atom is -0.351 e. The zero-order valence-corrected chi connectivity index (χ0v) is 3.54. The monoisotopic (exact) mass is 116 g/mol. The molecule has 1 aliphatic heterocycles. The van der Waals surface area contributed by atoms with Crippen molar-refractivity contribution in [2.45, 2.75) is 0 Å². The summed E-state index contributed by atoms with van der Waals surface area (Å²) in [7, 11) is 0. The van der Waals surface area contributed by atoms with Crippen molar-refractivity contribution in [3.05, 3.63) is 0 Å². The number of ether oxygens (including phenoxy) is 2. The molecule has 0 amide bonds. The lowest BCUT2D eigenvalue weighted by molar-refractivity contribution is -0.150. The number of carbonyl (C=O) groups excluding carboxylic acids is 3. The van der Waals surface area contributed by atoms with Crippen LogP contribution >= 0.6 is 0 Å². The van der Waals surface area contributed by atoms with Crippen molar-refractivity contribution in [2.75, 3.05) is 0 Å². The second kappa shape index (κ2) is 1.29. The first-order chi connectivity index (χ1) is 3.70. The minimum atomic E-state index is -1.25. The highest BCUT2D eigenvalue weighted by Gasteiger charge is 2.33. The Labute approximate surface area is 43.2 Å². The third-order valence-electron chi connectivity index (χ3n) is 0.519. The molecule has 1 rings (SSSR count). The summed E-state index contributed by atoms with van der Waals surface area (Å²) in [5.74, 6) is -2.51. The molecule has 0 aliphatic carbocycles. The van der Waals surface area contributed by atoms with Crippen molar-refractivity contribution < 1.29 is 23.9 Å². The molecule has 0 spiro atoms. The Kier molecular flexibility index (Phi) is 0.768. The van der Waals surface area contributed by atoms with Gasteiger partial charge in [-0.25, -0.2) is 14.4 Å². The van der Waals surface area contributed by atoms with Crippen LogP contribution in [0.3, 0.4) is 0 Å². The van der Waals surface area contributed by atoms with E-state index in [-0.39, 0.29) is 0 Å². The third-order valence-corrected chi connectivity index (χ3v) is 0.519. The molecule has 0 aromatic rings. The van der Waals surface area contributed by atoms with Crippen LogP contribution in [0.15, 0.2) is 0 Å². The van der Waals surface area contributed by atoms with Gasteiger partial charge in [-0.05, 0) is 0 Å². The summed E-state index contributed by atoms with van der Waals surface area (Å²) in [4.78, 5) is 29.5. The van der Waals surface area contributed by atoms with Gasteiger partial charge in [0.1, 0.15) is 0 Å². The minimum absolute atomic E-state index is 1.25. The summed E-state index contributed by atoms with van der Waals surface area (Å²) in [6, 6.07) is 0. The fraction of sp³-hybridized carbons (Fsp3) is 0. The molecule has 0 bridgehead atoms. The second-order valence-electron chi connectivity index (χ2n) is 1.03. The quantitative estimate of drug-likeness (QED) is 0.235. The Morgan fingerprint density at radius 3 is 1.38 bits per heavy atom. The van der Waals surface area contributed by atoms with E-state index in [1.54, 1.807) is 0 Å². The van der Waals surface area contributed by atoms with Gasteiger partial charge in [-0.15, -0.1) is 0 Å². The van der Waals surface area contributed by atoms with Crippen molar-refractivity contribution in [1.29, 1.82) is 0 Å². The van der Waals surface area contributed by atoms with Gasteiger partial charge in [0.05, 0.1) is 0 Å². The molecule has 5 heteroatoms. The van der Waals surface area contributed by atoms with Crippen LogP contribution in [-0.2, 0) is 19.1 Å². The lowest BCUT2D eigenvalue weighted by Gasteiger charge is -1.74. The molecule has 0 aromatic heterocycles. The van der Waals surface area contributed by atoms with Crippen molar-refractivity contribution in [2.24, 2.45) is 0 Å². The molecule has 0 unspecified atom stereocenters. The first-order valence-electron chi connectivity index (χ1n) is 1.68. The topological polar surface area (TPSA) is 69.7 Å². The Morgan fingerprint density at radius 1 is 0.875 bits per heavy atom. The van der Waals surface area contributed by atoms with Crippen LogP contribution in [0.1, 0.15) is 0 Å². The van der Waals surface area contributed by atoms with Crippen molar-refractivity contribution in [3.8, 4) is 0 Å². The van der Waals surface area contributed by atoms with E-state index in [4.69, 9.17) is 0 Å². The van der Waals surface area contributed by atoms with Crippen LogP contribution in [-0.4, -0.2) is 18.1 Å². The van der Waals surface area contributed by atoms with E-state index in [9.17, 15) is 14.4 Å². The lowest BCUT2D eigenvalue weighted by Crippen LogP contribution is -2.05. The molecule has 0 N–H and O–H groups in total. The summed E-state index contributed by atoms with van der Waals surface area (Å²) in [6.45, 7) is 0. The van der Waals surface area contributed by atoms with Gasteiger partial charge in [0.2, 0.25) is 0 Å². The van der Waals surface area contributed by atoms with Gasteiger partial charge in [0, 0.05) is 0 Å². The number of rotatable bonds is 0. The zero-order valence-electron chi connectivity index (χ0n) is 3.54. The van der Waals surface area contributed by atoms with Crippen LogP contribution < -0.4 is 0 Å². The Bertz CT molecular complexity index is 151. The molecular weight excluding hydrogens is 116 g/mol. The number of hydrogen-bond acceptors (Lipinski definition) is 5.